The normalized spacial score (nSPS) is 16.4. The van der Waals surface area contributed by atoms with Gasteiger partial charge in [0.2, 0.25) is 5.13 Å². The summed E-state index contributed by atoms with van der Waals surface area (Å²) in [6, 6.07) is 12.9. The molecule has 1 N–H and O–H groups in total. The molecule has 45 heavy (non-hydrogen) atoms. The number of hydrogen-bond acceptors (Lipinski definition) is 9. The van der Waals surface area contributed by atoms with Gasteiger partial charge >= 0.3 is 6.09 Å². The zero-order chi connectivity index (χ0) is 32.3. The summed E-state index contributed by atoms with van der Waals surface area (Å²) in [4.78, 5) is 15.9. The molecule has 4 aromatic rings. The van der Waals surface area contributed by atoms with Crippen LogP contribution in [0.1, 0.15) is 17.0 Å². The van der Waals surface area contributed by atoms with Crippen LogP contribution >= 0.6 is 23.1 Å². The SMILES string of the molecule is COc1ccc(CN(c2ncns2)S(=O)(=O)c2cc(F)c(OCC3CN(C(=O)O)CC3c3ccc(Cl)cc3)cc2F)c(OC)c1. The maximum Gasteiger partial charge on any atom is 0.407 e. The molecule has 1 saturated heterocycles. The number of ether oxygens (including phenoxy) is 3. The number of rotatable bonds is 11. The summed E-state index contributed by atoms with van der Waals surface area (Å²) in [6.45, 7) is -0.212. The Kier molecular flexibility index (Phi) is 9.60. The summed E-state index contributed by atoms with van der Waals surface area (Å²) in [5.74, 6) is -2.81. The molecule has 5 rings (SSSR count). The van der Waals surface area contributed by atoms with Crippen molar-refractivity contribution in [3.05, 3.63) is 88.7 Å². The van der Waals surface area contributed by atoms with Gasteiger partial charge in [-0.1, -0.05) is 23.7 Å². The van der Waals surface area contributed by atoms with Gasteiger partial charge in [0.15, 0.2) is 11.6 Å². The Bertz CT molecular complexity index is 1780. The summed E-state index contributed by atoms with van der Waals surface area (Å²) in [6.07, 6.45) is 0.0310. The van der Waals surface area contributed by atoms with E-state index in [1.807, 2.05) is 0 Å². The zero-order valence-corrected chi connectivity index (χ0v) is 26.3. The van der Waals surface area contributed by atoms with Gasteiger partial charge in [0.05, 0.1) is 27.4 Å². The first-order valence-electron chi connectivity index (χ1n) is 13.4. The second-order valence-electron chi connectivity index (χ2n) is 10.0. The Labute approximate surface area is 266 Å². The molecule has 2 atom stereocenters. The minimum atomic E-state index is -4.73. The van der Waals surface area contributed by atoms with Gasteiger partial charge in [0.25, 0.3) is 10.0 Å². The number of benzene rings is 3. The van der Waals surface area contributed by atoms with Crippen molar-refractivity contribution in [2.24, 2.45) is 5.92 Å². The number of nitrogens with zero attached hydrogens (tertiary/aromatic N) is 4. The van der Waals surface area contributed by atoms with E-state index in [0.29, 0.717) is 34.2 Å². The highest BCUT2D eigenvalue weighted by atomic mass is 35.5. The van der Waals surface area contributed by atoms with Gasteiger partial charge in [-0.15, -0.1) is 0 Å². The lowest BCUT2D eigenvalue weighted by Crippen LogP contribution is -2.31. The number of anilines is 1. The van der Waals surface area contributed by atoms with E-state index in [0.717, 1.165) is 27.7 Å². The van der Waals surface area contributed by atoms with Crippen LogP contribution in [0.5, 0.6) is 17.2 Å². The molecule has 0 spiro atoms. The Morgan fingerprint density at radius 1 is 1.07 bits per heavy atom. The Hall–Kier alpha value is -4.21. The van der Waals surface area contributed by atoms with Gasteiger partial charge in [-0.2, -0.15) is 4.37 Å². The number of aromatic nitrogens is 2. The van der Waals surface area contributed by atoms with Crippen LogP contribution in [0.25, 0.3) is 0 Å². The van der Waals surface area contributed by atoms with Gasteiger partial charge in [-0.25, -0.2) is 31.3 Å². The van der Waals surface area contributed by atoms with Gasteiger partial charge in [-0.3, -0.25) is 0 Å². The number of hydrogen-bond donors (Lipinski definition) is 1. The number of halogens is 3. The van der Waals surface area contributed by atoms with E-state index in [9.17, 15) is 18.3 Å². The predicted molar refractivity (Wildman–Crippen MR) is 162 cm³/mol. The molecule has 1 aliphatic rings. The Morgan fingerprint density at radius 3 is 2.47 bits per heavy atom. The van der Waals surface area contributed by atoms with Crippen LogP contribution in [0.2, 0.25) is 5.02 Å². The quantitative estimate of drug-likeness (QED) is 0.213. The van der Waals surface area contributed by atoms with E-state index in [1.54, 1.807) is 42.5 Å². The second-order valence-corrected chi connectivity index (χ2v) is 13.1. The molecule has 11 nitrogen and oxygen atoms in total. The van der Waals surface area contributed by atoms with Crippen LogP contribution in [0.4, 0.5) is 18.7 Å². The average Bonchev–Trinajstić information content (AvgIpc) is 3.71. The monoisotopic (exact) mass is 680 g/mol. The van der Waals surface area contributed by atoms with E-state index >= 15 is 8.78 Å². The van der Waals surface area contributed by atoms with Crippen molar-refractivity contribution in [3.8, 4) is 17.2 Å². The third-order valence-electron chi connectivity index (χ3n) is 7.39. The number of carbonyl (C=O) groups is 1. The Morgan fingerprint density at radius 2 is 1.82 bits per heavy atom. The van der Waals surface area contributed by atoms with Crippen molar-refractivity contribution >= 4 is 44.4 Å². The summed E-state index contributed by atoms with van der Waals surface area (Å²) in [7, 11) is -1.86. The first kappa shape index (κ1) is 32.2. The van der Waals surface area contributed by atoms with Crippen LogP contribution in [-0.2, 0) is 16.6 Å². The molecule has 2 unspecified atom stereocenters. The summed E-state index contributed by atoms with van der Waals surface area (Å²) in [5.41, 5.74) is 1.22. The largest absolute Gasteiger partial charge is 0.497 e. The molecule has 16 heteroatoms. The highest BCUT2D eigenvalue weighted by Gasteiger charge is 2.37. The third-order valence-corrected chi connectivity index (χ3v) is 10.2. The van der Waals surface area contributed by atoms with E-state index in [2.05, 4.69) is 9.36 Å². The van der Waals surface area contributed by atoms with Crippen molar-refractivity contribution in [2.75, 3.05) is 38.2 Å². The lowest BCUT2D eigenvalue weighted by molar-refractivity contribution is 0.151. The van der Waals surface area contributed by atoms with Gasteiger partial charge < -0.3 is 24.2 Å². The lowest BCUT2D eigenvalue weighted by Gasteiger charge is -2.23. The zero-order valence-electron chi connectivity index (χ0n) is 23.9. The molecule has 0 saturated carbocycles. The maximum absolute atomic E-state index is 15.5. The number of likely N-dealkylation sites (tertiary alicyclic amines) is 1. The van der Waals surface area contributed by atoms with Crippen molar-refractivity contribution in [1.82, 2.24) is 14.3 Å². The first-order valence-corrected chi connectivity index (χ1v) is 16.0. The van der Waals surface area contributed by atoms with Crippen LogP contribution in [-0.4, -0.2) is 67.8 Å². The van der Waals surface area contributed by atoms with Crippen molar-refractivity contribution < 1.29 is 41.3 Å². The third kappa shape index (κ3) is 6.89. The summed E-state index contributed by atoms with van der Waals surface area (Å²) in [5, 5.41) is 9.98. The molecule has 1 fully saturated rings. The maximum atomic E-state index is 15.5. The van der Waals surface area contributed by atoms with E-state index in [4.69, 9.17) is 25.8 Å². The number of methoxy groups -OCH3 is 2. The molecule has 1 aromatic heterocycles. The fourth-order valence-corrected chi connectivity index (χ4v) is 7.40. The van der Waals surface area contributed by atoms with Crippen LogP contribution in [0.15, 0.2) is 65.8 Å². The fraction of sp³-hybridized carbons (Fsp3) is 0.276. The molecule has 1 amide bonds. The predicted octanol–water partition coefficient (Wildman–Crippen LogP) is 5.65. The number of carboxylic acid groups (broad SMARTS) is 1. The highest BCUT2D eigenvalue weighted by molar-refractivity contribution is 7.93. The molecular formula is C29H27ClF2N4O7S2. The van der Waals surface area contributed by atoms with Crippen molar-refractivity contribution in [2.45, 2.75) is 17.4 Å². The number of sulfonamides is 1. The molecule has 1 aliphatic heterocycles. The topological polar surface area (TPSA) is 131 Å². The highest BCUT2D eigenvalue weighted by Crippen LogP contribution is 2.36. The van der Waals surface area contributed by atoms with E-state index in [-0.39, 0.29) is 37.3 Å². The van der Waals surface area contributed by atoms with Gasteiger partial charge in [-0.05, 0) is 29.8 Å². The summed E-state index contributed by atoms with van der Waals surface area (Å²) < 4.78 is 79.4. The van der Waals surface area contributed by atoms with Crippen molar-refractivity contribution in [1.29, 1.82) is 0 Å². The van der Waals surface area contributed by atoms with Gasteiger partial charge in [0, 0.05) is 65.2 Å². The van der Waals surface area contributed by atoms with Crippen LogP contribution in [0, 0.1) is 17.6 Å². The molecule has 0 bridgehead atoms. The van der Waals surface area contributed by atoms with Crippen LogP contribution < -0.4 is 18.5 Å². The molecule has 3 aromatic carbocycles. The lowest BCUT2D eigenvalue weighted by atomic mass is 9.89. The standard InChI is InChI=1S/C29H27ClF2N4O7S2/c1-41-21-8-5-18(25(9-21)42-2)13-36(28-33-16-34-44-28)45(39,40)27-11-23(31)26(10-24(27)32)43-15-19-12-35(29(37)38)14-22(19)17-3-6-20(30)7-4-17/h3-11,16,19,22H,12-15H2,1-2H3,(H,37,38). The Balaban J connectivity index is 1.41. The molecule has 0 radical (unpaired) electrons. The van der Waals surface area contributed by atoms with Crippen LogP contribution in [0.3, 0.4) is 0 Å². The van der Waals surface area contributed by atoms with E-state index < -0.39 is 44.3 Å². The van der Waals surface area contributed by atoms with E-state index in [1.165, 1.54) is 19.1 Å². The molecular weight excluding hydrogens is 654 g/mol. The van der Waals surface area contributed by atoms with Crippen molar-refractivity contribution in [3.63, 3.8) is 0 Å². The fourth-order valence-electron chi connectivity index (χ4n) is 5.09. The van der Waals surface area contributed by atoms with Gasteiger partial charge in [0.1, 0.15) is 28.5 Å². The molecule has 0 aliphatic carbocycles. The summed E-state index contributed by atoms with van der Waals surface area (Å²) >= 11 is 6.75. The molecule has 238 valence electrons. The smallest absolute Gasteiger partial charge is 0.407 e. The minimum Gasteiger partial charge on any atom is -0.497 e. The number of amides is 1. The first-order chi connectivity index (χ1) is 21.5. The minimum absolute atomic E-state index is 0.0783. The average molecular weight is 681 g/mol. The molecule has 2 heterocycles. The second kappa shape index (κ2) is 13.4.